The summed E-state index contributed by atoms with van der Waals surface area (Å²) in [5, 5.41) is 16.9. The first-order valence-electron chi connectivity index (χ1n) is 3.10. The zero-order valence-electron chi connectivity index (χ0n) is 5.78. The Morgan fingerprint density at radius 3 is 2.64 bits per heavy atom. The summed E-state index contributed by atoms with van der Waals surface area (Å²) in [4.78, 5) is 0. The SMILES string of the molecule is [N]=C=Cc1ccccc1C#N. The third-order valence-electron chi connectivity index (χ3n) is 1.30. The van der Waals surface area contributed by atoms with Crippen molar-refractivity contribution in [3.05, 3.63) is 35.4 Å². The van der Waals surface area contributed by atoms with Crippen LogP contribution in [0.1, 0.15) is 11.1 Å². The molecule has 1 aromatic rings. The van der Waals surface area contributed by atoms with Gasteiger partial charge in [-0.25, -0.2) is 0 Å². The Labute approximate surface area is 64.9 Å². The van der Waals surface area contributed by atoms with Crippen LogP contribution in [-0.4, -0.2) is 5.87 Å². The molecule has 2 nitrogen and oxygen atoms in total. The van der Waals surface area contributed by atoms with Gasteiger partial charge in [0.25, 0.3) is 0 Å². The van der Waals surface area contributed by atoms with Crippen molar-refractivity contribution < 1.29 is 0 Å². The number of nitriles is 1. The largest absolute Gasteiger partial charge is 0.192 e. The smallest absolute Gasteiger partial charge is 0.0998 e. The Morgan fingerprint density at radius 2 is 2.00 bits per heavy atom. The van der Waals surface area contributed by atoms with Crippen LogP contribution >= 0.6 is 0 Å². The van der Waals surface area contributed by atoms with Gasteiger partial charge in [0.15, 0.2) is 0 Å². The summed E-state index contributed by atoms with van der Waals surface area (Å²) in [5.74, 6) is 1.88. The van der Waals surface area contributed by atoms with Crippen molar-refractivity contribution in [2.75, 3.05) is 0 Å². The van der Waals surface area contributed by atoms with E-state index >= 15 is 0 Å². The summed E-state index contributed by atoms with van der Waals surface area (Å²) in [6, 6.07) is 8.99. The topological polar surface area (TPSA) is 46.1 Å². The maximum atomic E-state index is 8.57. The minimum Gasteiger partial charge on any atom is -0.192 e. The lowest BCUT2D eigenvalue weighted by atomic mass is 10.1. The zero-order valence-corrected chi connectivity index (χ0v) is 5.78. The fraction of sp³-hybridized carbons (Fsp3) is 0. The minimum atomic E-state index is 0.536. The highest BCUT2D eigenvalue weighted by Gasteiger charge is 1.93. The molecule has 11 heavy (non-hydrogen) atoms. The zero-order chi connectivity index (χ0) is 8.10. The molecule has 0 saturated carbocycles. The van der Waals surface area contributed by atoms with Crippen LogP contribution in [0.15, 0.2) is 24.3 Å². The van der Waals surface area contributed by atoms with Crippen LogP contribution in [0.3, 0.4) is 0 Å². The predicted molar refractivity (Wildman–Crippen MR) is 42.8 cm³/mol. The maximum absolute atomic E-state index is 8.57. The van der Waals surface area contributed by atoms with Gasteiger partial charge in [0, 0.05) is 17.5 Å². The van der Waals surface area contributed by atoms with E-state index in [0.29, 0.717) is 11.1 Å². The average molecular weight is 141 g/mol. The van der Waals surface area contributed by atoms with E-state index in [1.807, 2.05) is 11.9 Å². The third kappa shape index (κ3) is 1.54. The van der Waals surface area contributed by atoms with Crippen LogP contribution in [0.4, 0.5) is 0 Å². The highest BCUT2D eigenvalue weighted by atomic mass is 14.3. The van der Waals surface area contributed by atoms with Crippen LogP contribution in [0, 0.1) is 11.3 Å². The molecule has 0 spiro atoms. The maximum Gasteiger partial charge on any atom is 0.0998 e. The summed E-state index contributed by atoms with van der Waals surface area (Å²) in [6.07, 6.45) is 1.36. The number of benzene rings is 1. The molecule has 0 saturated heterocycles. The molecule has 0 heterocycles. The predicted octanol–water partition coefficient (Wildman–Crippen LogP) is 1.04. The molecule has 51 valence electrons. The first kappa shape index (κ1) is 7.27. The summed E-state index contributed by atoms with van der Waals surface area (Å²) in [6.45, 7) is 0. The quantitative estimate of drug-likeness (QED) is 0.539. The molecule has 0 atom stereocenters. The molecule has 0 unspecified atom stereocenters. The van der Waals surface area contributed by atoms with Crippen LogP contribution in [0.25, 0.3) is 6.08 Å². The number of hydrogen-bond donors (Lipinski definition) is 0. The van der Waals surface area contributed by atoms with Gasteiger partial charge in [0.2, 0.25) is 0 Å². The monoisotopic (exact) mass is 141 g/mol. The molecule has 0 aliphatic carbocycles. The Balaban J connectivity index is 3.25. The van der Waals surface area contributed by atoms with Gasteiger partial charge >= 0.3 is 0 Å². The molecule has 0 aliphatic rings. The molecular formula is C9H5N2. The summed E-state index contributed by atoms with van der Waals surface area (Å²) in [7, 11) is 0. The van der Waals surface area contributed by atoms with Crippen molar-refractivity contribution in [2.24, 2.45) is 0 Å². The lowest BCUT2D eigenvalue weighted by molar-refractivity contribution is 1.47. The van der Waals surface area contributed by atoms with Crippen molar-refractivity contribution in [3.8, 4) is 6.07 Å². The number of rotatable bonds is 1. The second kappa shape index (κ2) is 3.36. The highest BCUT2D eigenvalue weighted by molar-refractivity contribution is 5.78. The van der Waals surface area contributed by atoms with E-state index in [0.717, 1.165) is 0 Å². The molecule has 0 bridgehead atoms. The van der Waals surface area contributed by atoms with Crippen LogP contribution in [-0.2, 0) is 0 Å². The van der Waals surface area contributed by atoms with Gasteiger partial charge in [0.1, 0.15) is 0 Å². The van der Waals surface area contributed by atoms with Crippen molar-refractivity contribution in [3.63, 3.8) is 0 Å². The minimum absolute atomic E-state index is 0.536. The van der Waals surface area contributed by atoms with Crippen molar-refractivity contribution in [1.82, 2.24) is 5.41 Å². The first-order valence-corrected chi connectivity index (χ1v) is 3.10. The summed E-state index contributed by atoms with van der Waals surface area (Å²) >= 11 is 0. The van der Waals surface area contributed by atoms with Crippen LogP contribution in [0.5, 0.6) is 0 Å². The molecule has 1 radical (unpaired) electrons. The van der Waals surface area contributed by atoms with E-state index in [-0.39, 0.29) is 0 Å². The third-order valence-corrected chi connectivity index (χ3v) is 1.30. The lowest BCUT2D eigenvalue weighted by Gasteiger charge is -1.91. The van der Waals surface area contributed by atoms with Crippen molar-refractivity contribution in [2.45, 2.75) is 0 Å². The van der Waals surface area contributed by atoms with Crippen LogP contribution in [0.2, 0.25) is 0 Å². The van der Waals surface area contributed by atoms with E-state index in [1.165, 1.54) is 6.08 Å². The van der Waals surface area contributed by atoms with Gasteiger partial charge in [-0.3, -0.25) is 0 Å². The Morgan fingerprint density at radius 1 is 1.27 bits per heavy atom. The summed E-state index contributed by atoms with van der Waals surface area (Å²) < 4.78 is 0. The second-order valence-electron chi connectivity index (χ2n) is 1.97. The van der Waals surface area contributed by atoms with Gasteiger partial charge in [-0.1, -0.05) is 23.6 Å². The van der Waals surface area contributed by atoms with Gasteiger partial charge in [-0.2, -0.15) is 5.26 Å². The molecule has 1 rings (SSSR count). The summed E-state index contributed by atoms with van der Waals surface area (Å²) in [5.41, 5.74) is 1.21. The number of nitrogens with zero attached hydrogens (tertiary/aromatic N) is 2. The second-order valence-corrected chi connectivity index (χ2v) is 1.97. The molecule has 0 fully saturated rings. The Bertz CT molecular complexity index is 341. The number of hydrogen-bond acceptors (Lipinski definition) is 1. The van der Waals surface area contributed by atoms with E-state index in [9.17, 15) is 0 Å². The molecule has 0 amide bonds. The first-order chi connectivity index (χ1) is 5.38. The van der Waals surface area contributed by atoms with Crippen LogP contribution < -0.4 is 5.41 Å². The van der Waals surface area contributed by atoms with Gasteiger partial charge in [0.05, 0.1) is 11.6 Å². The fourth-order valence-corrected chi connectivity index (χ4v) is 0.794. The van der Waals surface area contributed by atoms with E-state index in [1.54, 1.807) is 24.3 Å². The Kier molecular flexibility index (Phi) is 2.22. The van der Waals surface area contributed by atoms with Gasteiger partial charge < -0.3 is 0 Å². The Hall–Kier alpha value is -1.84. The normalized spacial score (nSPS) is 7.91. The molecule has 0 aliphatic heterocycles. The standard InChI is InChI=1S/C9H5N2/c10-6-5-8-3-1-2-4-9(8)7-11/h1-5H. The van der Waals surface area contributed by atoms with Crippen molar-refractivity contribution >= 4 is 11.9 Å². The molecule has 0 aromatic heterocycles. The van der Waals surface area contributed by atoms with E-state index < -0.39 is 0 Å². The molecular weight excluding hydrogens is 136 g/mol. The van der Waals surface area contributed by atoms with E-state index in [4.69, 9.17) is 10.7 Å². The van der Waals surface area contributed by atoms with Gasteiger partial charge in [-0.05, 0) is 6.07 Å². The highest BCUT2D eigenvalue weighted by Crippen LogP contribution is 2.06. The van der Waals surface area contributed by atoms with Crippen molar-refractivity contribution in [1.29, 1.82) is 5.26 Å². The van der Waals surface area contributed by atoms with Gasteiger partial charge in [-0.15, -0.1) is 0 Å². The molecule has 2 heteroatoms. The fourth-order valence-electron chi connectivity index (χ4n) is 0.794. The average Bonchev–Trinajstić information content (AvgIpc) is 2.06. The van der Waals surface area contributed by atoms with E-state index in [2.05, 4.69) is 0 Å². The lowest BCUT2D eigenvalue weighted by Crippen LogP contribution is -1.79. The molecule has 1 aromatic carbocycles. The molecule has 0 N–H and O–H groups in total.